The highest BCUT2D eigenvalue weighted by Crippen LogP contribution is 2.35. The highest BCUT2D eigenvalue weighted by Gasteiger charge is 2.20. The molecule has 0 heterocycles. The number of esters is 1. The monoisotopic (exact) mass is 547 g/mol. The van der Waals surface area contributed by atoms with Gasteiger partial charge in [0.15, 0.2) is 0 Å². The molecule has 0 amide bonds. The first-order valence-corrected chi connectivity index (χ1v) is 10.8. The molecule has 0 aliphatic rings. The molecule has 3 nitrogen and oxygen atoms in total. The third-order valence-corrected chi connectivity index (χ3v) is 6.42. The van der Waals surface area contributed by atoms with Crippen molar-refractivity contribution in [1.82, 2.24) is 0 Å². The molecule has 146 valence electrons. The van der Waals surface area contributed by atoms with E-state index >= 15 is 0 Å². The van der Waals surface area contributed by atoms with Crippen molar-refractivity contribution in [2.45, 2.75) is 40.2 Å². The number of benzene rings is 2. The Morgan fingerprint density at radius 1 is 1.30 bits per heavy atom. The van der Waals surface area contributed by atoms with E-state index in [2.05, 4.69) is 57.7 Å². The van der Waals surface area contributed by atoms with Crippen LogP contribution in [-0.2, 0) is 4.74 Å². The minimum atomic E-state index is -0.332. The first-order valence-electron chi connectivity index (χ1n) is 8.92. The van der Waals surface area contributed by atoms with Gasteiger partial charge in [-0.2, -0.15) is 0 Å². The SMILES string of the molecule is CCOC(=O)c1ccc(C(CC(C)C)Nc2c(F)cc(Br)c(C)c2I)cc1. The van der Waals surface area contributed by atoms with Gasteiger partial charge in [0.1, 0.15) is 5.82 Å². The molecule has 0 bridgehead atoms. The molecule has 0 spiro atoms. The van der Waals surface area contributed by atoms with Crippen molar-refractivity contribution in [2.24, 2.45) is 5.92 Å². The summed E-state index contributed by atoms with van der Waals surface area (Å²) in [5, 5.41) is 3.39. The second-order valence-corrected chi connectivity index (χ2v) is 8.76. The molecular formula is C21H24BrFINO2. The maximum absolute atomic E-state index is 14.6. The lowest BCUT2D eigenvalue weighted by Gasteiger charge is -2.24. The van der Waals surface area contributed by atoms with Crippen molar-refractivity contribution in [3.05, 3.63) is 60.9 Å². The van der Waals surface area contributed by atoms with Crippen molar-refractivity contribution in [3.8, 4) is 0 Å². The quantitative estimate of drug-likeness (QED) is 0.303. The molecule has 27 heavy (non-hydrogen) atoms. The number of hydrogen-bond donors (Lipinski definition) is 1. The summed E-state index contributed by atoms with van der Waals surface area (Å²) in [6, 6.07) is 8.76. The molecule has 2 aromatic rings. The van der Waals surface area contributed by atoms with Gasteiger partial charge >= 0.3 is 5.97 Å². The number of hydrogen-bond acceptors (Lipinski definition) is 3. The fourth-order valence-electron chi connectivity index (χ4n) is 2.81. The van der Waals surface area contributed by atoms with E-state index in [9.17, 15) is 9.18 Å². The van der Waals surface area contributed by atoms with Gasteiger partial charge in [0, 0.05) is 8.04 Å². The highest BCUT2D eigenvalue weighted by molar-refractivity contribution is 14.1. The molecule has 0 aromatic heterocycles. The summed E-state index contributed by atoms with van der Waals surface area (Å²) in [5.41, 5.74) is 3.04. The van der Waals surface area contributed by atoms with Gasteiger partial charge in [-0.1, -0.05) is 41.9 Å². The normalized spacial score (nSPS) is 12.1. The Kier molecular flexibility index (Phi) is 8.09. The van der Waals surface area contributed by atoms with Crippen LogP contribution in [0.4, 0.5) is 10.1 Å². The molecule has 0 aliphatic carbocycles. The van der Waals surface area contributed by atoms with Gasteiger partial charge in [-0.05, 0) is 78.1 Å². The van der Waals surface area contributed by atoms with Crippen LogP contribution >= 0.6 is 38.5 Å². The number of rotatable bonds is 7. The molecular weight excluding hydrogens is 524 g/mol. The number of nitrogens with one attached hydrogen (secondary N) is 1. The minimum Gasteiger partial charge on any atom is -0.462 e. The highest BCUT2D eigenvalue weighted by atomic mass is 127. The lowest BCUT2D eigenvalue weighted by molar-refractivity contribution is 0.0526. The van der Waals surface area contributed by atoms with Crippen LogP contribution in [-0.4, -0.2) is 12.6 Å². The van der Waals surface area contributed by atoms with Gasteiger partial charge in [-0.15, -0.1) is 0 Å². The molecule has 1 atom stereocenters. The predicted molar refractivity (Wildman–Crippen MR) is 120 cm³/mol. The Balaban J connectivity index is 2.34. The van der Waals surface area contributed by atoms with E-state index in [1.165, 1.54) is 6.07 Å². The molecule has 0 saturated heterocycles. The second-order valence-electron chi connectivity index (χ2n) is 6.82. The summed E-state index contributed by atoms with van der Waals surface area (Å²) in [7, 11) is 0. The lowest BCUT2D eigenvalue weighted by atomic mass is 9.95. The van der Waals surface area contributed by atoms with E-state index in [0.29, 0.717) is 23.8 Å². The van der Waals surface area contributed by atoms with E-state index in [1.54, 1.807) is 19.1 Å². The van der Waals surface area contributed by atoms with E-state index in [0.717, 1.165) is 25.6 Å². The summed E-state index contributed by atoms with van der Waals surface area (Å²) in [6.07, 6.45) is 0.837. The molecule has 2 aromatic carbocycles. The lowest BCUT2D eigenvalue weighted by Crippen LogP contribution is -2.16. The fourth-order valence-corrected chi connectivity index (χ4v) is 4.28. The van der Waals surface area contributed by atoms with Crippen molar-refractivity contribution >= 4 is 50.2 Å². The summed E-state index contributed by atoms with van der Waals surface area (Å²) < 4.78 is 21.3. The third kappa shape index (κ3) is 5.67. The van der Waals surface area contributed by atoms with E-state index < -0.39 is 0 Å². The average molecular weight is 548 g/mol. The standard InChI is InChI=1S/C21H24BrFINO2/c1-5-27-21(26)15-8-6-14(7-9-15)18(10-12(2)3)25-20-17(23)11-16(22)13(4)19(20)24/h6-9,11-12,18,25H,5,10H2,1-4H3. The van der Waals surface area contributed by atoms with Crippen molar-refractivity contribution in [1.29, 1.82) is 0 Å². The van der Waals surface area contributed by atoms with Gasteiger partial charge in [0.2, 0.25) is 0 Å². The molecule has 6 heteroatoms. The van der Waals surface area contributed by atoms with Crippen LogP contribution in [0.5, 0.6) is 0 Å². The first-order chi connectivity index (χ1) is 12.7. The zero-order valence-electron chi connectivity index (χ0n) is 15.9. The average Bonchev–Trinajstić information content (AvgIpc) is 2.62. The maximum atomic E-state index is 14.6. The van der Waals surface area contributed by atoms with Crippen molar-refractivity contribution in [3.63, 3.8) is 0 Å². The van der Waals surface area contributed by atoms with Gasteiger partial charge in [0.25, 0.3) is 0 Å². The number of carbonyl (C=O) groups is 1. The van der Waals surface area contributed by atoms with Gasteiger partial charge in [0.05, 0.1) is 23.9 Å². The summed E-state index contributed by atoms with van der Waals surface area (Å²) in [4.78, 5) is 11.9. The number of halogens is 3. The zero-order valence-corrected chi connectivity index (χ0v) is 19.6. The molecule has 0 radical (unpaired) electrons. The first kappa shape index (κ1) is 22.1. The Labute approximate surface area is 182 Å². The van der Waals surface area contributed by atoms with Crippen molar-refractivity contribution < 1.29 is 13.9 Å². The predicted octanol–water partition coefficient (Wildman–Crippen LogP) is 6.88. The molecule has 1 N–H and O–H groups in total. The molecule has 0 saturated carbocycles. The number of anilines is 1. The zero-order chi connectivity index (χ0) is 20.1. The second kappa shape index (κ2) is 9.87. The van der Waals surface area contributed by atoms with Crippen LogP contribution < -0.4 is 5.32 Å². The fraction of sp³-hybridized carbons (Fsp3) is 0.381. The van der Waals surface area contributed by atoms with Crippen LogP contribution in [0.3, 0.4) is 0 Å². The van der Waals surface area contributed by atoms with E-state index in [1.807, 2.05) is 19.1 Å². The van der Waals surface area contributed by atoms with Crippen LogP contribution in [0.25, 0.3) is 0 Å². The summed E-state index contributed by atoms with van der Waals surface area (Å²) >= 11 is 5.57. The Hall–Kier alpha value is -1.15. The largest absolute Gasteiger partial charge is 0.462 e. The number of carbonyl (C=O) groups excluding carboxylic acids is 1. The third-order valence-electron chi connectivity index (χ3n) is 4.25. The molecule has 0 aliphatic heterocycles. The summed E-state index contributed by atoms with van der Waals surface area (Å²) in [5.74, 6) is -0.195. The van der Waals surface area contributed by atoms with E-state index in [4.69, 9.17) is 4.74 Å². The van der Waals surface area contributed by atoms with Crippen LogP contribution in [0, 0.1) is 22.2 Å². The Morgan fingerprint density at radius 2 is 1.93 bits per heavy atom. The van der Waals surface area contributed by atoms with Gasteiger partial charge in [-0.3, -0.25) is 0 Å². The Morgan fingerprint density at radius 3 is 2.48 bits per heavy atom. The van der Waals surface area contributed by atoms with Crippen molar-refractivity contribution in [2.75, 3.05) is 11.9 Å². The smallest absolute Gasteiger partial charge is 0.338 e. The van der Waals surface area contributed by atoms with Crippen LogP contribution in [0.2, 0.25) is 0 Å². The summed E-state index contributed by atoms with van der Waals surface area (Å²) in [6.45, 7) is 8.36. The molecule has 2 rings (SSSR count). The van der Waals surface area contributed by atoms with Crippen LogP contribution in [0.1, 0.15) is 54.7 Å². The maximum Gasteiger partial charge on any atom is 0.338 e. The Bertz CT molecular complexity index is 809. The van der Waals surface area contributed by atoms with Gasteiger partial charge < -0.3 is 10.1 Å². The van der Waals surface area contributed by atoms with E-state index in [-0.39, 0.29) is 17.8 Å². The van der Waals surface area contributed by atoms with Gasteiger partial charge in [-0.25, -0.2) is 9.18 Å². The minimum absolute atomic E-state index is 0.0650. The number of ether oxygens (including phenoxy) is 1. The van der Waals surface area contributed by atoms with Crippen LogP contribution in [0.15, 0.2) is 34.8 Å². The molecule has 0 fully saturated rings. The molecule has 1 unspecified atom stereocenters. The topological polar surface area (TPSA) is 38.3 Å².